The van der Waals surface area contributed by atoms with Crippen molar-refractivity contribution in [2.24, 2.45) is 7.05 Å². The first kappa shape index (κ1) is 10.1. The first-order valence-electron chi connectivity index (χ1n) is 4.73. The summed E-state index contributed by atoms with van der Waals surface area (Å²) in [5.41, 5.74) is 0. The number of aromatic nitrogens is 3. The van der Waals surface area contributed by atoms with Gasteiger partial charge in [-0.05, 0) is 0 Å². The number of morpholine rings is 1. The summed E-state index contributed by atoms with van der Waals surface area (Å²) in [5.74, 6) is 0.290. The number of carbonyl (C=O) groups excluding carboxylic acids is 1. The lowest BCUT2D eigenvalue weighted by atomic mass is 10.2. The number of rotatable bonds is 2. The van der Waals surface area contributed by atoms with E-state index in [2.05, 4.69) is 20.7 Å². The zero-order chi connectivity index (χ0) is 10.7. The third-order valence-electron chi connectivity index (χ3n) is 2.18. The lowest BCUT2D eigenvalue weighted by molar-refractivity contribution is -0.120. The summed E-state index contributed by atoms with van der Waals surface area (Å²) in [7, 11) is 1.72. The van der Waals surface area contributed by atoms with Crippen molar-refractivity contribution >= 4 is 11.9 Å². The quantitative estimate of drug-likeness (QED) is 0.638. The Balaban J connectivity index is 1.94. The normalized spacial score (nSPS) is 21.3. The Kier molecular flexibility index (Phi) is 2.93. The van der Waals surface area contributed by atoms with Crippen LogP contribution in [0.5, 0.6) is 0 Å². The van der Waals surface area contributed by atoms with Crippen LogP contribution in [0.1, 0.15) is 0 Å². The van der Waals surface area contributed by atoms with Crippen LogP contribution >= 0.6 is 0 Å². The first-order valence-corrected chi connectivity index (χ1v) is 4.73. The Morgan fingerprint density at radius 3 is 3.27 bits per heavy atom. The van der Waals surface area contributed by atoms with Crippen LogP contribution < -0.4 is 10.6 Å². The molecule has 0 saturated carbocycles. The molecular formula is C8H13N5O2. The molecular weight excluding hydrogens is 198 g/mol. The first-order chi connectivity index (χ1) is 7.27. The number of nitrogens with one attached hydrogen (secondary N) is 2. The summed E-state index contributed by atoms with van der Waals surface area (Å²) >= 11 is 0. The molecule has 1 aromatic heterocycles. The van der Waals surface area contributed by atoms with Crippen molar-refractivity contribution in [1.29, 1.82) is 0 Å². The zero-order valence-electron chi connectivity index (χ0n) is 8.43. The van der Waals surface area contributed by atoms with E-state index >= 15 is 0 Å². The molecule has 1 amide bonds. The van der Waals surface area contributed by atoms with Crippen LogP contribution in [-0.2, 0) is 16.6 Å². The van der Waals surface area contributed by atoms with Gasteiger partial charge in [-0.25, -0.2) is 4.68 Å². The second kappa shape index (κ2) is 4.37. The molecule has 1 aliphatic heterocycles. The summed E-state index contributed by atoms with van der Waals surface area (Å²) in [6.45, 7) is 1.73. The van der Waals surface area contributed by atoms with Crippen LogP contribution in [0.15, 0.2) is 6.33 Å². The number of hydrogen-bond donors (Lipinski definition) is 2. The van der Waals surface area contributed by atoms with Gasteiger partial charge < -0.3 is 10.1 Å². The molecule has 1 aromatic rings. The second-order valence-electron chi connectivity index (χ2n) is 3.28. The van der Waals surface area contributed by atoms with Crippen LogP contribution in [0.4, 0.5) is 5.95 Å². The largest absolute Gasteiger partial charge is 0.378 e. The maximum absolute atomic E-state index is 11.7. The van der Waals surface area contributed by atoms with Crippen LogP contribution in [0.2, 0.25) is 0 Å². The summed E-state index contributed by atoms with van der Waals surface area (Å²) in [6.07, 6.45) is 1.39. The third-order valence-corrected chi connectivity index (χ3v) is 2.18. The molecule has 15 heavy (non-hydrogen) atoms. The summed E-state index contributed by atoms with van der Waals surface area (Å²) < 4.78 is 6.69. The maximum atomic E-state index is 11.7. The van der Waals surface area contributed by atoms with Crippen molar-refractivity contribution in [1.82, 2.24) is 20.1 Å². The van der Waals surface area contributed by atoms with E-state index in [4.69, 9.17) is 4.74 Å². The fourth-order valence-electron chi connectivity index (χ4n) is 1.34. The van der Waals surface area contributed by atoms with Crippen molar-refractivity contribution in [3.63, 3.8) is 0 Å². The van der Waals surface area contributed by atoms with Crippen molar-refractivity contribution in [2.45, 2.75) is 6.04 Å². The van der Waals surface area contributed by atoms with Crippen LogP contribution in [0.25, 0.3) is 0 Å². The Morgan fingerprint density at radius 1 is 1.80 bits per heavy atom. The number of hydrogen-bond acceptors (Lipinski definition) is 5. The van der Waals surface area contributed by atoms with Crippen molar-refractivity contribution in [3.8, 4) is 0 Å². The predicted octanol–water partition coefficient (Wildman–Crippen LogP) is -1.26. The van der Waals surface area contributed by atoms with Gasteiger partial charge in [-0.2, -0.15) is 10.1 Å². The van der Waals surface area contributed by atoms with Gasteiger partial charge in [0, 0.05) is 13.6 Å². The average molecular weight is 211 g/mol. The lowest BCUT2D eigenvalue weighted by Gasteiger charge is -2.22. The topological polar surface area (TPSA) is 81.1 Å². The van der Waals surface area contributed by atoms with E-state index < -0.39 is 0 Å². The molecule has 7 heteroatoms. The van der Waals surface area contributed by atoms with E-state index in [1.807, 2.05) is 0 Å². The second-order valence-corrected chi connectivity index (χ2v) is 3.28. The minimum absolute atomic E-state index is 0.147. The molecule has 1 saturated heterocycles. The predicted molar refractivity (Wildman–Crippen MR) is 52.2 cm³/mol. The van der Waals surface area contributed by atoms with E-state index in [1.165, 1.54) is 11.0 Å². The molecule has 1 aliphatic rings. The van der Waals surface area contributed by atoms with E-state index in [1.54, 1.807) is 7.05 Å². The maximum Gasteiger partial charge on any atom is 0.246 e. The van der Waals surface area contributed by atoms with Gasteiger partial charge in [-0.1, -0.05) is 0 Å². The van der Waals surface area contributed by atoms with E-state index in [-0.39, 0.29) is 11.9 Å². The minimum atomic E-state index is -0.310. The van der Waals surface area contributed by atoms with Crippen molar-refractivity contribution in [2.75, 3.05) is 25.1 Å². The molecule has 0 aliphatic carbocycles. The smallest absolute Gasteiger partial charge is 0.246 e. The molecule has 7 nitrogen and oxygen atoms in total. The van der Waals surface area contributed by atoms with E-state index in [0.29, 0.717) is 25.7 Å². The number of ether oxygens (including phenoxy) is 1. The van der Waals surface area contributed by atoms with Crippen LogP contribution in [0, 0.1) is 0 Å². The number of aryl methyl sites for hydroxylation is 1. The van der Waals surface area contributed by atoms with Gasteiger partial charge in [0.15, 0.2) is 0 Å². The summed E-state index contributed by atoms with van der Waals surface area (Å²) in [6, 6.07) is -0.310. The van der Waals surface area contributed by atoms with Gasteiger partial charge in [-0.15, -0.1) is 0 Å². The molecule has 0 radical (unpaired) electrons. The van der Waals surface area contributed by atoms with Crippen LogP contribution in [-0.4, -0.2) is 46.5 Å². The van der Waals surface area contributed by atoms with Gasteiger partial charge in [-0.3, -0.25) is 10.1 Å². The molecule has 1 unspecified atom stereocenters. The number of carbonyl (C=O) groups is 1. The fourth-order valence-corrected chi connectivity index (χ4v) is 1.34. The Morgan fingerprint density at radius 2 is 2.67 bits per heavy atom. The molecule has 2 rings (SSSR count). The van der Waals surface area contributed by atoms with Crippen molar-refractivity contribution in [3.05, 3.63) is 6.33 Å². The number of anilines is 1. The Bertz CT molecular complexity index is 345. The van der Waals surface area contributed by atoms with Gasteiger partial charge in [0.1, 0.15) is 12.4 Å². The SMILES string of the molecule is Cn1ncnc1NC(=O)C1COCCN1. The standard InChI is InChI=1S/C8H13N5O2/c1-13-8(10-5-11-13)12-7(14)6-4-15-3-2-9-6/h5-6,9H,2-4H2,1H3,(H,10,11,12,14). The molecule has 0 bridgehead atoms. The molecule has 0 aromatic carbocycles. The third kappa shape index (κ3) is 2.31. The molecule has 0 spiro atoms. The highest BCUT2D eigenvalue weighted by Crippen LogP contribution is 2.01. The van der Waals surface area contributed by atoms with Crippen LogP contribution in [0.3, 0.4) is 0 Å². The van der Waals surface area contributed by atoms with E-state index in [0.717, 1.165) is 0 Å². The monoisotopic (exact) mass is 211 g/mol. The molecule has 1 fully saturated rings. The average Bonchev–Trinajstić information content (AvgIpc) is 2.66. The van der Waals surface area contributed by atoms with Gasteiger partial charge in [0.2, 0.25) is 11.9 Å². The summed E-state index contributed by atoms with van der Waals surface area (Å²) in [5, 5.41) is 9.58. The zero-order valence-corrected chi connectivity index (χ0v) is 8.43. The Hall–Kier alpha value is -1.47. The molecule has 82 valence electrons. The fraction of sp³-hybridized carbons (Fsp3) is 0.625. The molecule has 1 atom stereocenters. The Labute approximate surface area is 86.8 Å². The van der Waals surface area contributed by atoms with Gasteiger partial charge in [0.05, 0.1) is 13.2 Å². The number of amides is 1. The highest BCUT2D eigenvalue weighted by atomic mass is 16.5. The summed E-state index contributed by atoms with van der Waals surface area (Å²) in [4.78, 5) is 15.6. The lowest BCUT2D eigenvalue weighted by Crippen LogP contribution is -2.49. The number of nitrogens with zero attached hydrogens (tertiary/aromatic N) is 3. The molecule has 2 N–H and O–H groups in total. The minimum Gasteiger partial charge on any atom is -0.378 e. The highest BCUT2D eigenvalue weighted by Gasteiger charge is 2.22. The van der Waals surface area contributed by atoms with Gasteiger partial charge in [0.25, 0.3) is 0 Å². The van der Waals surface area contributed by atoms with Crippen molar-refractivity contribution < 1.29 is 9.53 Å². The highest BCUT2D eigenvalue weighted by molar-refractivity contribution is 5.93. The van der Waals surface area contributed by atoms with Gasteiger partial charge >= 0.3 is 0 Å². The molecule has 2 heterocycles. The van der Waals surface area contributed by atoms with E-state index in [9.17, 15) is 4.79 Å².